The van der Waals surface area contributed by atoms with Crippen molar-refractivity contribution in [2.75, 3.05) is 19.6 Å². The predicted molar refractivity (Wildman–Crippen MR) is 55.9 cm³/mol. The summed E-state index contributed by atoms with van der Waals surface area (Å²) < 4.78 is 1.85. The van der Waals surface area contributed by atoms with E-state index in [0.717, 1.165) is 26.1 Å². The van der Waals surface area contributed by atoms with E-state index in [9.17, 15) is 0 Å². The molecule has 2 heterocycles. The average molecular weight is 194 g/mol. The second-order valence-electron chi connectivity index (χ2n) is 4.64. The molecule has 0 aliphatic carbocycles. The molecule has 2 N–H and O–H groups in total. The van der Waals surface area contributed by atoms with Gasteiger partial charge in [0, 0.05) is 38.4 Å². The van der Waals surface area contributed by atoms with Gasteiger partial charge in [-0.1, -0.05) is 0 Å². The summed E-state index contributed by atoms with van der Waals surface area (Å²) in [7, 11) is 1.95. The molecule has 0 saturated carbocycles. The molecule has 1 aromatic rings. The maximum Gasteiger partial charge on any atom is 0.0522 e. The lowest BCUT2D eigenvalue weighted by molar-refractivity contribution is 0.0855. The van der Waals surface area contributed by atoms with E-state index in [0.29, 0.717) is 0 Å². The van der Waals surface area contributed by atoms with Crippen LogP contribution in [0.25, 0.3) is 0 Å². The number of aryl methyl sites for hydroxylation is 1. The van der Waals surface area contributed by atoms with E-state index in [1.54, 1.807) is 0 Å². The summed E-state index contributed by atoms with van der Waals surface area (Å²) in [6.45, 7) is 5.24. The molecule has 2 rings (SSSR count). The summed E-state index contributed by atoms with van der Waals surface area (Å²) in [4.78, 5) is 2.38. The normalized spacial score (nSPS) is 20.8. The van der Waals surface area contributed by atoms with E-state index >= 15 is 0 Å². The number of likely N-dealkylation sites (tertiary alicyclic amines) is 1. The molecule has 78 valence electrons. The monoisotopic (exact) mass is 194 g/mol. The lowest BCUT2D eigenvalue weighted by Crippen LogP contribution is -2.65. The third-order valence-electron chi connectivity index (χ3n) is 2.64. The minimum atomic E-state index is 0.0505. The van der Waals surface area contributed by atoms with Gasteiger partial charge in [-0.25, -0.2) is 0 Å². The van der Waals surface area contributed by atoms with Crippen molar-refractivity contribution in [2.24, 2.45) is 12.8 Å². The number of hydrogen-bond donors (Lipinski definition) is 1. The standard InChI is InChI=1S/C10H18N4/c1-10(11)7-14(8-10)4-3-9-5-12-13(2)6-9/h5-6H,3-4,7-8,11H2,1-2H3. The third kappa shape index (κ3) is 2.13. The minimum absolute atomic E-state index is 0.0505. The number of rotatable bonds is 3. The van der Waals surface area contributed by atoms with Gasteiger partial charge in [0.05, 0.1) is 6.20 Å². The first kappa shape index (κ1) is 9.68. The van der Waals surface area contributed by atoms with E-state index in [4.69, 9.17) is 5.73 Å². The smallest absolute Gasteiger partial charge is 0.0522 e. The zero-order chi connectivity index (χ0) is 10.2. The Balaban J connectivity index is 1.74. The molecule has 0 bridgehead atoms. The van der Waals surface area contributed by atoms with Crippen molar-refractivity contribution >= 4 is 0 Å². The molecule has 0 radical (unpaired) electrons. The van der Waals surface area contributed by atoms with Crippen LogP contribution in [0.15, 0.2) is 12.4 Å². The van der Waals surface area contributed by atoms with Crippen LogP contribution in [0.5, 0.6) is 0 Å². The summed E-state index contributed by atoms with van der Waals surface area (Å²) in [5.74, 6) is 0. The Labute approximate surface area is 84.7 Å². The fraction of sp³-hybridized carbons (Fsp3) is 0.700. The van der Waals surface area contributed by atoms with E-state index in [2.05, 4.69) is 23.1 Å². The first-order valence-electron chi connectivity index (χ1n) is 5.04. The van der Waals surface area contributed by atoms with Gasteiger partial charge in [0.1, 0.15) is 0 Å². The molecule has 0 aromatic carbocycles. The average Bonchev–Trinajstić information content (AvgIpc) is 2.44. The van der Waals surface area contributed by atoms with Crippen molar-refractivity contribution in [2.45, 2.75) is 18.9 Å². The first-order valence-corrected chi connectivity index (χ1v) is 5.04. The van der Waals surface area contributed by atoms with Gasteiger partial charge in [-0.2, -0.15) is 5.10 Å². The van der Waals surface area contributed by atoms with Crippen LogP contribution in [0.1, 0.15) is 12.5 Å². The van der Waals surface area contributed by atoms with Gasteiger partial charge in [0.15, 0.2) is 0 Å². The zero-order valence-electron chi connectivity index (χ0n) is 8.90. The molecule has 1 aliphatic rings. The Bertz CT molecular complexity index is 308. The van der Waals surface area contributed by atoms with Gasteiger partial charge < -0.3 is 5.73 Å². The number of aromatic nitrogens is 2. The molecule has 14 heavy (non-hydrogen) atoms. The van der Waals surface area contributed by atoms with Gasteiger partial charge >= 0.3 is 0 Å². The number of nitrogens with two attached hydrogens (primary N) is 1. The minimum Gasteiger partial charge on any atom is -0.323 e. The highest BCUT2D eigenvalue weighted by atomic mass is 15.3. The van der Waals surface area contributed by atoms with Crippen LogP contribution in [-0.2, 0) is 13.5 Å². The van der Waals surface area contributed by atoms with Gasteiger partial charge in [-0.05, 0) is 18.9 Å². The van der Waals surface area contributed by atoms with E-state index < -0.39 is 0 Å². The van der Waals surface area contributed by atoms with Crippen LogP contribution in [0.2, 0.25) is 0 Å². The molecule has 0 spiro atoms. The Hall–Kier alpha value is -0.870. The van der Waals surface area contributed by atoms with Crippen LogP contribution in [0.4, 0.5) is 0 Å². The Morgan fingerprint density at radius 2 is 2.29 bits per heavy atom. The van der Waals surface area contributed by atoms with Gasteiger partial charge in [-0.15, -0.1) is 0 Å². The number of nitrogens with zero attached hydrogens (tertiary/aromatic N) is 3. The fourth-order valence-corrected chi connectivity index (χ4v) is 2.02. The highest BCUT2D eigenvalue weighted by Gasteiger charge is 2.33. The van der Waals surface area contributed by atoms with Crippen LogP contribution in [-0.4, -0.2) is 39.9 Å². The maximum atomic E-state index is 5.93. The van der Waals surface area contributed by atoms with Crippen molar-refractivity contribution < 1.29 is 0 Å². The second-order valence-corrected chi connectivity index (χ2v) is 4.64. The van der Waals surface area contributed by atoms with Crippen molar-refractivity contribution in [3.8, 4) is 0 Å². The lowest BCUT2D eigenvalue weighted by atomic mass is 9.93. The molecular formula is C10H18N4. The summed E-state index contributed by atoms with van der Waals surface area (Å²) >= 11 is 0. The molecule has 0 atom stereocenters. The molecule has 1 saturated heterocycles. The predicted octanol–water partition coefficient (Wildman–Crippen LogP) is -0.00440. The Morgan fingerprint density at radius 3 is 2.79 bits per heavy atom. The summed E-state index contributed by atoms with van der Waals surface area (Å²) in [5, 5.41) is 4.14. The highest BCUT2D eigenvalue weighted by molar-refractivity contribution is 5.05. The molecule has 1 aromatic heterocycles. The second kappa shape index (κ2) is 3.37. The molecule has 1 fully saturated rings. The van der Waals surface area contributed by atoms with Crippen molar-refractivity contribution in [3.63, 3.8) is 0 Å². The zero-order valence-corrected chi connectivity index (χ0v) is 8.90. The quantitative estimate of drug-likeness (QED) is 0.736. The lowest BCUT2D eigenvalue weighted by Gasteiger charge is -2.45. The number of hydrogen-bond acceptors (Lipinski definition) is 3. The van der Waals surface area contributed by atoms with Gasteiger partial charge in [0.2, 0.25) is 0 Å². The van der Waals surface area contributed by atoms with Gasteiger partial charge in [0.25, 0.3) is 0 Å². The van der Waals surface area contributed by atoms with E-state index in [1.165, 1.54) is 5.56 Å². The topological polar surface area (TPSA) is 47.1 Å². The molecule has 0 amide bonds. The van der Waals surface area contributed by atoms with Gasteiger partial charge in [-0.3, -0.25) is 9.58 Å². The largest absolute Gasteiger partial charge is 0.323 e. The molecule has 1 aliphatic heterocycles. The van der Waals surface area contributed by atoms with E-state index in [1.807, 2.05) is 17.9 Å². The van der Waals surface area contributed by atoms with Crippen LogP contribution in [0, 0.1) is 0 Å². The fourth-order valence-electron chi connectivity index (χ4n) is 2.02. The summed E-state index contributed by atoms with van der Waals surface area (Å²) in [6, 6.07) is 0. The Morgan fingerprint density at radius 1 is 1.57 bits per heavy atom. The van der Waals surface area contributed by atoms with E-state index in [-0.39, 0.29) is 5.54 Å². The van der Waals surface area contributed by atoms with Crippen molar-refractivity contribution in [1.82, 2.24) is 14.7 Å². The first-order chi connectivity index (χ1) is 6.55. The molecule has 4 nitrogen and oxygen atoms in total. The van der Waals surface area contributed by atoms with Crippen LogP contribution < -0.4 is 5.73 Å². The molecule has 4 heteroatoms. The van der Waals surface area contributed by atoms with Crippen molar-refractivity contribution in [1.29, 1.82) is 0 Å². The van der Waals surface area contributed by atoms with Crippen LogP contribution in [0.3, 0.4) is 0 Å². The summed E-state index contributed by atoms with van der Waals surface area (Å²) in [5.41, 5.74) is 7.28. The molecular weight excluding hydrogens is 176 g/mol. The molecule has 0 unspecified atom stereocenters. The Kier molecular flexibility index (Phi) is 2.33. The maximum absolute atomic E-state index is 5.93. The van der Waals surface area contributed by atoms with Crippen LogP contribution >= 0.6 is 0 Å². The third-order valence-corrected chi connectivity index (χ3v) is 2.64. The SMILES string of the molecule is Cn1cc(CCN2CC(C)(N)C2)cn1. The van der Waals surface area contributed by atoms with Crippen molar-refractivity contribution in [3.05, 3.63) is 18.0 Å². The highest BCUT2D eigenvalue weighted by Crippen LogP contribution is 2.17. The summed E-state index contributed by atoms with van der Waals surface area (Å²) in [6.07, 6.45) is 5.08.